The van der Waals surface area contributed by atoms with Crippen LogP contribution in [0.1, 0.15) is 22.3 Å². The first-order chi connectivity index (χ1) is 7.66. The van der Waals surface area contributed by atoms with Crippen molar-refractivity contribution >= 4 is 11.9 Å². The SMILES string of the molecule is O=C(O)c1ccc(CC2CCNC2=O)cc1. The van der Waals surface area contributed by atoms with Gasteiger partial charge in [0.05, 0.1) is 5.56 Å². The molecule has 1 unspecified atom stereocenters. The minimum absolute atomic E-state index is 0.0377. The van der Waals surface area contributed by atoms with Crippen LogP contribution in [0.5, 0.6) is 0 Å². The van der Waals surface area contributed by atoms with Gasteiger partial charge in [0.25, 0.3) is 0 Å². The van der Waals surface area contributed by atoms with E-state index >= 15 is 0 Å². The lowest BCUT2D eigenvalue weighted by Crippen LogP contribution is -2.20. The molecule has 1 aromatic rings. The fourth-order valence-corrected chi connectivity index (χ4v) is 1.91. The summed E-state index contributed by atoms with van der Waals surface area (Å²) in [6, 6.07) is 6.69. The van der Waals surface area contributed by atoms with Crippen LogP contribution in [0.4, 0.5) is 0 Å². The largest absolute Gasteiger partial charge is 0.478 e. The van der Waals surface area contributed by atoms with Crippen molar-refractivity contribution in [2.24, 2.45) is 5.92 Å². The van der Waals surface area contributed by atoms with Gasteiger partial charge < -0.3 is 10.4 Å². The first kappa shape index (κ1) is 10.7. The number of benzene rings is 1. The molecule has 0 radical (unpaired) electrons. The zero-order chi connectivity index (χ0) is 11.5. The maximum absolute atomic E-state index is 11.3. The highest BCUT2D eigenvalue weighted by molar-refractivity contribution is 5.87. The van der Waals surface area contributed by atoms with Crippen LogP contribution >= 0.6 is 0 Å². The van der Waals surface area contributed by atoms with Gasteiger partial charge in [0.15, 0.2) is 0 Å². The summed E-state index contributed by atoms with van der Waals surface area (Å²) in [6.45, 7) is 0.747. The van der Waals surface area contributed by atoms with Gasteiger partial charge in [-0.2, -0.15) is 0 Å². The molecule has 0 spiro atoms. The van der Waals surface area contributed by atoms with E-state index < -0.39 is 5.97 Å². The van der Waals surface area contributed by atoms with Crippen LogP contribution in [0.2, 0.25) is 0 Å². The van der Waals surface area contributed by atoms with Crippen LogP contribution in [0.25, 0.3) is 0 Å². The normalized spacial score (nSPS) is 19.5. The molecule has 1 aliphatic rings. The topological polar surface area (TPSA) is 66.4 Å². The Morgan fingerprint density at radius 3 is 2.56 bits per heavy atom. The van der Waals surface area contributed by atoms with Crippen molar-refractivity contribution in [2.45, 2.75) is 12.8 Å². The number of aromatic carboxylic acids is 1. The Bertz CT molecular complexity index is 411. The second kappa shape index (κ2) is 4.35. The van der Waals surface area contributed by atoms with Crippen LogP contribution in [-0.4, -0.2) is 23.5 Å². The number of carboxylic acids is 1. The summed E-state index contributed by atoms with van der Waals surface area (Å²) in [5.41, 5.74) is 1.28. The van der Waals surface area contributed by atoms with E-state index in [0.29, 0.717) is 6.42 Å². The summed E-state index contributed by atoms with van der Waals surface area (Å²) >= 11 is 0. The lowest BCUT2D eigenvalue weighted by atomic mass is 9.97. The number of hydrogen-bond donors (Lipinski definition) is 2. The van der Waals surface area contributed by atoms with E-state index in [0.717, 1.165) is 18.5 Å². The fourth-order valence-electron chi connectivity index (χ4n) is 1.91. The maximum atomic E-state index is 11.3. The standard InChI is InChI=1S/C12H13NO3/c14-11-10(5-6-13-11)7-8-1-3-9(4-2-8)12(15)16/h1-4,10H,5-7H2,(H,13,14)(H,15,16). The van der Waals surface area contributed by atoms with Crippen molar-refractivity contribution in [1.82, 2.24) is 5.32 Å². The highest BCUT2D eigenvalue weighted by atomic mass is 16.4. The maximum Gasteiger partial charge on any atom is 0.335 e. The number of carbonyl (C=O) groups is 2. The molecule has 1 aromatic carbocycles. The quantitative estimate of drug-likeness (QED) is 0.799. The Kier molecular flexibility index (Phi) is 2.90. The molecule has 1 fully saturated rings. The summed E-state index contributed by atoms with van der Waals surface area (Å²) < 4.78 is 0. The van der Waals surface area contributed by atoms with Crippen LogP contribution in [0, 0.1) is 5.92 Å². The fraction of sp³-hybridized carbons (Fsp3) is 0.333. The molecular formula is C12H13NO3. The molecule has 0 bridgehead atoms. The minimum atomic E-state index is -0.926. The van der Waals surface area contributed by atoms with Gasteiger partial charge in [-0.1, -0.05) is 12.1 Å². The van der Waals surface area contributed by atoms with Crippen LogP contribution < -0.4 is 5.32 Å². The molecule has 84 valence electrons. The summed E-state index contributed by atoms with van der Waals surface area (Å²) in [7, 11) is 0. The zero-order valence-corrected chi connectivity index (χ0v) is 8.77. The number of carboxylic acid groups (broad SMARTS) is 1. The van der Waals surface area contributed by atoms with Gasteiger partial charge in [-0.05, 0) is 30.5 Å². The first-order valence-corrected chi connectivity index (χ1v) is 5.27. The first-order valence-electron chi connectivity index (χ1n) is 5.27. The van der Waals surface area contributed by atoms with E-state index in [2.05, 4.69) is 5.32 Å². The van der Waals surface area contributed by atoms with Gasteiger partial charge in [0, 0.05) is 12.5 Å². The van der Waals surface area contributed by atoms with E-state index in [-0.39, 0.29) is 17.4 Å². The second-order valence-corrected chi connectivity index (χ2v) is 3.98. The Balaban J connectivity index is 2.05. The third kappa shape index (κ3) is 2.21. The lowest BCUT2D eigenvalue weighted by Gasteiger charge is -2.06. The van der Waals surface area contributed by atoms with E-state index in [9.17, 15) is 9.59 Å². The van der Waals surface area contributed by atoms with Gasteiger partial charge in [0.1, 0.15) is 0 Å². The molecule has 1 atom stereocenters. The summed E-state index contributed by atoms with van der Waals surface area (Å²) in [5, 5.41) is 11.5. The summed E-state index contributed by atoms with van der Waals surface area (Å²) in [6.07, 6.45) is 1.55. The summed E-state index contributed by atoms with van der Waals surface area (Å²) in [5.74, 6) is -0.789. The number of carbonyl (C=O) groups excluding carboxylic acids is 1. The third-order valence-electron chi connectivity index (χ3n) is 2.85. The molecule has 1 saturated heterocycles. The smallest absolute Gasteiger partial charge is 0.335 e. The Hall–Kier alpha value is -1.84. The Morgan fingerprint density at radius 2 is 2.06 bits per heavy atom. The Morgan fingerprint density at radius 1 is 1.38 bits per heavy atom. The monoisotopic (exact) mass is 219 g/mol. The van der Waals surface area contributed by atoms with Crippen molar-refractivity contribution in [1.29, 1.82) is 0 Å². The predicted octanol–water partition coefficient (Wildman–Crippen LogP) is 1.06. The molecular weight excluding hydrogens is 206 g/mol. The number of nitrogens with one attached hydrogen (secondary N) is 1. The molecule has 2 rings (SSSR count). The predicted molar refractivity (Wildman–Crippen MR) is 58.2 cm³/mol. The van der Waals surface area contributed by atoms with Gasteiger partial charge in [-0.15, -0.1) is 0 Å². The van der Waals surface area contributed by atoms with E-state index in [1.54, 1.807) is 24.3 Å². The zero-order valence-electron chi connectivity index (χ0n) is 8.77. The number of rotatable bonds is 3. The molecule has 16 heavy (non-hydrogen) atoms. The molecule has 1 amide bonds. The lowest BCUT2D eigenvalue weighted by molar-refractivity contribution is -0.122. The highest BCUT2D eigenvalue weighted by Gasteiger charge is 2.23. The summed E-state index contributed by atoms with van der Waals surface area (Å²) in [4.78, 5) is 22.0. The number of amides is 1. The van der Waals surface area contributed by atoms with E-state index in [1.165, 1.54) is 0 Å². The third-order valence-corrected chi connectivity index (χ3v) is 2.85. The molecule has 0 saturated carbocycles. The second-order valence-electron chi connectivity index (χ2n) is 3.98. The van der Waals surface area contributed by atoms with Crippen molar-refractivity contribution in [3.8, 4) is 0 Å². The van der Waals surface area contributed by atoms with Crippen molar-refractivity contribution < 1.29 is 14.7 Å². The number of hydrogen-bond acceptors (Lipinski definition) is 2. The highest BCUT2D eigenvalue weighted by Crippen LogP contribution is 2.16. The van der Waals surface area contributed by atoms with Crippen molar-refractivity contribution in [3.63, 3.8) is 0 Å². The minimum Gasteiger partial charge on any atom is -0.478 e. The van der Waals surface area contributed by atoms with E-state index in [4.69, 9.17) is 5.11 Å². The van der Waals surface area contributed by atoms with Gasteiger partial charge in [0.2, 0.25) is 5.91 Å². The molecule has 4 nitrogen and oxygen atoms in total. The van der Waals surface area contributed by atoms with Crippen LogP contribution in [0.15, 0.2) is 24.3 Å². The van der Waals surface area contributed by atoms with Gasteiger partial charge >= 0.3 is 5.97 Å². The van der Waals surface area contributed by atoms with E-state index in [1.807, 2.05) is 0 Å². The van der Waals surface area contributed by atoms with Crippen LogP contribution in [0.3, 0.4) is 0 Å². The molecule has 0 aromatic heterocycles. The van der Waals surface area contributed by atoms with Crippen molar-refractivity contribution in [3.05, 3.63) is 35.4 Å². The van der Waals surface area contributed by atoms with Crippen LogP contribution in [-0.2, 0) is 11.2 Å². The molecule has 0 aliphatic carbocycles. The average Bonchev–Trinajstić information content (AvgIpc) is 2.65. The molecule has 1 aliphatic heterocycles. The van der Waals surface area contributed by atoms with Gasteiger partial charge in [-0.25, -0.2) is 4.79 Å². The molecule has 1 heterocycles. The molecule has 2 N–H and O–H groups in total. The van der Waals surface area contributed by atoms with Gasteiger partial charge in [-0.3, -0.25) is 4.79 Å². The molecule has 4 heteroatoms. The van der Waals surface area contributed by atoms with Crippen molar-refractivity contribution in [2.75, 3.05) is 6.54 Å². The average molecular weight is 219 g/mol. The Labute approximate surface area is 93.3 Å².